The van der Waals surface area contributed by atoms with Gasteiger partial charge in [0.1, 0.15) is 5.82 Å². The lowest BCUT2D eigenvalue weighted by Crippen LogP contribution is -2.45. The van der Waals surface area contributed by atoms with E-state index < -0.39 is 5.82 Å². The molecule has 2 aromatic carbocycles. The Hall–Kier alpha value is -3.58. The van der Waals surface area contributed by atoms with E-state index in [1.807, 2.05) is 23.1 Å². The first-order valence-corrected chi connectivity index (χ1v) is 11.2. The highest BCUT2D eigenvalue weighted by atomic mass is 19.1. The van der Waals surface area contributed by atoms with Crippen molar-refractivity contribution in [3.05, 3.63) is 95.6 Å². The van der Waals surface area contributed by atoms with Crippen LogP contribution in [-0.2, 0) is 6.54 Å². The van der Waals surface area contributed by atoms with Crippen LogP contribution in [0.25, 0.3) is 0 Å². The van der Waals surface area contributed by atoms with E-state index in [0.29, 0.717) is 30.8 Å². The molecular weight excluding hydrogens is 419 g/mol. The van der Waals surface area contributed by atoms with E-state index in [1.54, 1.807) is 30.6 Å². The minimum Gasteiger partial charge on any atom is -0.350 e. The van der Waals surface area contributed by atoms with Gasteiger partial charge in [0.05, 0.1) is 5.56 Å². The van der Waals surface area contributed by atoms with E-state index in [4.69, 9.17) is 0 Å². The first-order valence-electron chi connectivity index (χ1n) is 11.2. The summed E-state index contributed by atoms with van der Waals surface area (Å²) < 4.78 is 13.5. The maximum atomic E-state index is 13.5. The molecule has 1 fully saturated rings. The number of hydrogen-bond acceptors (Lipinski definition) is 4. The van der Waals surface area contributed by atoms with E-state index >= 15 is 0 Å². The molecule has 1 aromatic heterocycles. The fraction of sp³-hybridized carbons (Fsp3) is 0.269. The van der Waals surface area contributed by atoms with Crippen LogP contribution >= 0.6 is 0 Å². The van der Waals surface area contributed by atoms with Crippen molar-refractivity contribution in [2.24, 2.45) is 0 Å². The summed E-state index contributed by atoms with van der Waals surface area (Å²) in [7, 11) is 0. The fourth-order valence-corrected chi connectivity index (χ4v) is 4.88. The number of benzene rings is 2. The molecule has 2 aliphatic rings. The average molecular weight is 445 g/mol. The molecule has 0 bridgehead atoms. The van der Waals surface area contributed by atoms with E-state index in [-0.39, 0.29) is 23.9 Å². The van der Waals surface area contributed by atoms with Crippen molar-refractivity contribution in [2.75, 3.05) is 18.0 Å². The lowest BCUT2D eigenvalue weighted by molar-refractivity contribution is 0.0933. The van der Waals surface area contributed by atoms with Gasteiger partial charge in [-0.1, -0.05) is 24.3 Å². The Labute approximate surface area is 192 Å². The fourth-order valence-electron chi connectivity index (χ4n) is 4.88. The summed E-state index contributed by atoms with van der Waals surface area (Å²) in [5, 5.41) is 2.97. The highest BCUT2D eigenvalue weighted by Crippen LogP contribution is 2.35. The number of fused-ring (bicyclic) bond motifs is 2. The predicted octanol–water partition coefficient (Wildman–Crippen LogP) is 3.64. The molecular formula is C26H25FN4O2. The van der Waals surface area contributed by atoms with Crippen LogP contribution in [0.5, 0.6) is 0 Å². The number of pyridine rings is 1. The van der Waals surface area contributed by atoms with Gasteiger partial charge in [0.25, 0.3) is 11.8 Å². The molecule has 0 aliphatic carbocycles. The number of anilines is 1. The van der Waals surface area contributed by atoms with Crippen molar-refractivity contribution in [1.29, 1.82) is 0 Å². The van der Waals surface area contributed by atoms with Gasteiger partial charge >= 0.3 is 0 Å². The predicted molar refractivity (Wildman–Crippen MR) is 123 cm³/mol. The highest BCUT2D eigenvalue weighted by Gasteiger charge is 2.39. The van der Waals surface area contributed by atoms with Gasteiger partial charge in [-0.3, -0.25) is 19.5 Å². The molecule has 0 spiro atoms. The summed E-state index contributed by atoms with van der Waals surface area (Å²) in [5.41, 5.74) is 2.89. The van der Waals surface area contributed by atoms with Crippen molar-refractivity contribution in [2.45, 2.75) is 31.5 Å². The number of amides is 2. The molecule has 3 heterocycles. The molecule has 2 amide bonds. The van der Waals surface area contributed by atoms with E-state index in [9.17, 15) is 14.0 Å². The molecule has 1 saturated heterocycles. The largest absolute Gasteiger partial charge is 0.350 e. The number of rotatable bonds is 4. The second-order valence-electron chi connectivity index (χ2n) is 8.56. The highest BCUT2D eigenvalue weighted by molar-refractivity contribution is 6.06. The summed E-state index contributed by atoms with van der Waals surface area (Å²) in [4.78, 5) is 34.3. The van der Waals surface area contributed by atoms with Crippen LogP contribution in [0.1, 0.15) is 39.1 Å². The summed E-state index contributed by atoms with van der Waals surface area (Å²) in [6.07, 6.45) is 5.12. The van der Waals surface area contributed by atoms with Crippen LogP contribution in [0.4, 0.5) is 10.1 Å². The molecule has 33 heavy (non-hydrogen) atoms. The molecule has 5 rings (SSSR count). The zero-order chi connectivity index (χ0) is 22.8. The molecule has 2 atom stereocenters. The van der Waals surface area contributed by atoms with Crippen LogP contribution in [0.2, 0.25) is 0 Å². The number of aromatic nitrogens is 1. The number of nitrogens with one attached hydrogen (secondary N) is 1. The summed E-state index contributed by atoms with van der Waals surface area (Å²) in [5.74, 6) is -0.757. The standard InChI is InChI=1S/C26H25FN4O2/c27-21-8-3-6-18(13-21)25(32)29-15-22-10-11-23-17-31(26(33)19-7-4-12-28-14-19)24-9-2-1-5-20(24)16-30(22)23/h1-9,12-14,22-23H,10-11,15-17H2,(H,29,32). The van der Waals surface area contributed by atoms with Gasteiger partial charge in [0.2, 0.25) is 0 Å². The van der Waals surface area contributed by atoms with Gasteiger partial charge in [-0.2, -0.15) is 0 Å². The molecule has 2 unspecified atom stereocenters. The number of nitrogens with zero attached hydrogens (tertiary/aromatic N) is 3. The maximum absolute atomic E-state index is 13.5. The van der Waals surface area contributed by atoms with Crippen molar-refractivity contribution in [1.82, 2.24) is 15.2 Å². The summed E-state index contributed by atoms with van der Waals surface area (Å²) in [6, 6.07) is 17.6. The Kier molecular flexibility index (Phi) is 5.88. The van der Waals surface area contributed by atoms with E-state index in [2.05, 4.69) is 21.3 Å². The van der Waals surface area contributed by atoms with Gasteiger partial charge in [0, 0.05) is 55.4 Å². The normalized spacial score (nSPS) is 20.0. The van der Waals surface area contributed by atoms with Crippen molar-refractivity contribution in [3.63, 3.8) is 0 Å². The molecule has 2 aliphatic heterocycles. The number of para-hydroxylation sites is 1. The van der Waals surface area contributed by atoms with Crippen molar-refractivity contribution < 1.29 is 14.0 Å². The van der Waals surface area contributed by atoms with E-state index in [1.165, 1.54) is 18.2 Å². The van der Waals surface area contributed by atoms with Crippen molar-refractivity contribution in [3.8, 4) is 0 Å². The van der Waals surface area contributed by atoms with Crippen LogP contribution in [0.3, 0.4) is 0 Å². The third-order valence-electron chi connectivity index (χ3n) is 6.54. The van der Waals surface area contributed by atoms with Crippen LogP contribution in [-0.4, -0.2) is 46.9 Å². The molecule has 7 heteroatoms. The Morgan fingerprint density at radius 1 is 1.03 bits per heavy atom. The second kappa shape index (κ2) is 9.11. The van der Waals surface area contributed by atoms with Gasteiger partial charge in [-0.25, -0.2) is 4.39 Å². The topological polar surface area (TPSA) is 65.5 Å². The third-order valence-corrected chi connectivity index (χ3v) is 6.54. The number of hydrogen-bond donors (Lipinski definition) is 1. The van der Waals surface area contributed by atoms with Crippen LogP contribution in [0.15, 0.2) is 73.1 Å². The molecule has 1 N–H and O–H groups in total. The van der Waals surface area contributed by atoms with Crippen molar-refractivity contribution >= 4 is 17.5 Å². The Morgan fingerprint density at radius 2 is 1.88 bits per heavy atom. The van der Waals surface area contributed by atoms with Gasteiger partial charge in [-0.15, -0.1) is 0 Å². The number of carbonyl (C=O) groups is 2. The van der Waals surface area contributed by atoms with Gasteiger partial charge < -0.3 is 10.2 Å². The van der Waals surface area contributed by atoms with E-state index in [0.717, 1.165) is 24.1 Å². The smallest absolute Gasteiger partial charge is 0.259 e. The lowest BCUT2D eigenvalue weighted by Gasteiger charge is -2.29. The Balaban J connectivity index is 1.35. The quantitative estimate of drug-likeness (QED) is 0.667. The first kappa shape index (κ1) is 21.3. The number of halogens is 1. The minimum atomic E-state index is -0.425. The average Bonchev–Trinajstić information content (AvgIpc) is 3.14. The van der Waals surface area contributed by atoms with Gasteiger partial charge in [0.15, 0.2) is 0 Å². The zero-order valence-corrected chi connectivity index (χ0v) is 18.2. The molecule has 3 aromatic rings. The minimum absolute atomic E-state index is 0.0553. The molecule has 6 nitrogen and oxygen atoms in total. The number of carbonyl (C=O) groups excluding carboxylic acids is 2. The first-order chi connectivity index (χ1) is 16.1. The second-order valence-corrected chi connectivity index (χ2v) is 8.56. The van der Waals surface area contributed by atoms with Crippen LogP contribution in [0, 0.1) is 5.82 Å². The van der Waals surface area contributed by atoms with Crippen LogP contribution < -0.4 is 10.2 Å². The lowest BCUT2D eigenvalue weighted by atomic mass is 10.1. The Bertz CT molecular complexity index is 1170. The summed E-state index contributed by atoms with van der Waals surface area (Å²) in [6.45, 7) is 1.77. The zero-order valence-electron chi connectivity index (χ0n) is 18.2. The molecule has 168 valence electrons. The monoisotopic (exact) mass is 444 g/mol. The molecule has 0 saturated carbocycles. The summed E-state index contributed by atoms with van der Waals surface area (Å²) >= 11 is 0. The van der Waals surface area contributed by atoms with Gasteiger partial charge in [-0.05, 0) is 54.8 Å². The SMILES string of the molecule is O=C(NCC1CCC2CN(C(=O)c3cccnc3)c3ccccc3CN12)c1cccc(F)c1. The molecule has 0 radical (unpaired) electrons. The Morgan fingerprint density at radius 3 is 2.70 bits per heavy atom. The maximum Gasteiger partial charge on any atom is 0.259 e. The third kappa shape index (κ3) is 4.36.